The Hall–Kier alpha value is -4.49. The number of alkyl halides is 1. The minimum absolute atomic E-state index is 0.145. The van der Waals surface area contributed by atoms with Gasteiger partial charge >= 0.3 is 0 Å². The zero-order valence-electron chi connectivity index (χ0n) is 21.0. The van der Waals surface area contributed by atoms with E-state index in [0.717, 1.165) is 16.8 Å². The number of ether oxygens (including phenoxy) is 1. The van der Waals surface area contributed by atoms with Gasteiger partial charge in [-0.1, -0.05) is 6.07 Å². The molecule has 4 aromatic rings. The summed E-state index contributed by atoms with van der Waals surface area (Å²) in [5, 5.41) is 18.9. The zero-order chi connectivity index (χ0) is 26.8. The molecule has 4 heterocycles. The number of nitriles is 1. The Labute approximate surface area is 218 Å². The molecular weight excluding hydrogens is 489 g/mol. The van der Waals surface area contributed by atoms with E-state index in [2.05, 4.69) is 16.0 Å². The number of likely N-dealkylation sites (N-methyl/N-ethyl adjacent to an activating group) is 1. The van der Waals surface area contributed by atoms with Crippen LogP contribution in [-0.2, 0) is 0 Å². The Morgan fingerprint density at radius 2 is 2.16 bits per heavy atom. The van der Waals surface area contributed by atoms with Gasteiger partial charge in [0, 0.05) is 50.7 Å². The lowest BCUT2D eigenvalue weighted by molar-refractivity contribution is 0.0766. The summed E-state index contributed by atoms with van der Waals surface area (Å²) in [6.07, 6.45) is 2.67. The summed E-state index contributed by atoms with van der Waals surface area (Å²) < 4.78 is 25.5. The first-order chi connectivity index (χ1) is 18.4. The maximum atomic E-state index is 13.8. The molecule has 1 atom stereocenters. The van der Waals surface area contributed by atoms with Gasteiger partial charge in [0.1, 0.15) is 29.2 Å². The number of anilines is 1. The van der Waals surface area contributed by atoms with Gasteiger partial charge in [-0.25, -0.2) is 9.37 Å². The first-order valence-corrected chi connectivity index (χ1v) is 12.2. The van der Waals surface area contributed by atoms with Gasteiger partial charge in [-0.3, -0.25) is 9.78 Å². The summed E-state index contributed by atoms with van der Waals surface area (Å²) >= 11 is 0. The van der Waals surface area contributed by atoms with Crippen LogP contribution >= 0.6 is 0 Å². The molecule has 1 aliphatic heterocycles. The first kappa shape index (κ1) is 25.2. The zero-order valence-corrected chi connectivity index (χ0v) is 21.0. The molecule has 1 fully saturated rings. The van der Waals surface area contributed by atoms with E-state index in [1.54, 1.807) is 31.4 Å². The molecule has 10 heteroatoms. The third-order valence-electron chi connectivity index (χ3n) is 6.65. The number of aromatic nitrogens is 2. The molecule has 1 aliphatic rings. The van der Waals surface area contributed by atoms with Crippen molar-refractivity contribution >= 4 is 22.7 Å². The number of carbonyl (C=O) groups is 1. The van der Waals surface area contributed by atoms with Crippen LogP contribution in [0.25, 0.3) is 33.7 Å². The van der Waals surface area contributed by atoms with Gasteiger partial charge in [0.05, 0.1) is 30.5 Å². The van der Waals surface area contributed by atoms with Gasteiger partial charge < -0.3 is 24.1 Å². The highest BCUT2D eigenvalue weighted by Crippen LogP contribution is 2.38. The minimum Gasteiger partial charge on any atom is -0.494 e. The van der Waals surface area contributed by atoms with Crippen molar-refractivity contribution in [1.82, 2.24) is 14.9 Å². The van der Waals surface area contributed by atoms with E-state index in [9.17, 15) is 14.4 Å². The van der Waals surface area contributed by atoms with Crippen LogP contribution in [0.2, 0.25) is 0 Å². The second kappa shape index (κ2) is 10.5. The van der Waals surface area contributed by atoms with Gasteiger partial charge in [0.25, 0.3) is 5.91 Å². The molecular formula is C28H26FN5O4. The summed E-state index contributed by atoms with van der Waals surface area (Å²) in [7, 11) is 3.08. The molecule has 0 bridgehead atoms. The minimum atomic E-state index is -0.887. The quantitative estimate of drug-likeness (QED) is 0.392. The first-order valence-electron chi connectivity index (χ1n) is 12.2. The van der Waals surface area contributed by atoms with Crippen LogP contribution < -0.4 is 9.64 Å². The van der Waals surface area contributed by atoms with E-state index >= 15 is 0 Å². The number of halogens is 1. The molecule has 1 aromatic carbocycles. The second-order valence-electron chi connectivity index (χ2n) is 9.08. The SMILES string of the molecule is COc1cc(C(=O)N(C)CCO)cnc1-c1cc2nccc(-c3ccc(N4CC[C@@H](F)C4)c(C#N)c3)c2o1. The average molecular weight is 516 g/mol. The lowest BCUT2D eigenvalue weighted by Gasteiger charge is -2.19. The number of furan rings is 1. The van der Waals surface area contributed by atoms with E-state index < -0.39 is 6.17 Å². The van der Waals surface area contributed by atoms with E-state index in [1.807, 2.05) is 23.1 Å². The Morgan fingerprint density at radius 1 is 1.32 bits per heavy atom. The van der Waals surface area contributed by atoms with Crippen LogP contribution in [0, 0.1) is 11.3 Å². The van der Waals surface area contributed by atoms with Crippen molar-refractivity contribution < 1.29 is 23.4 Å². The summed E-state index contributed by atoms with van der Waals surface area (Å²) in [5.41, 5.74) is 4.51. The summed E-state index contributed by atoms with van der Waals surface area (Å²) in [6.45, 7) is 0.914. The van der Waals surface area contributed by atoms with Crippen molar-refractivity contribution in [3.05, 3.63) is 59.9 Å². The Kier molecular flexibility index (Phi) is 6.94. The maximum absolute atomic E-state index is 13.8. The van der Waals surface area contributed by atoms with Crippen molar-refractivity contribution in [2.45, 2.75) is 12.6 Å². The molecule has 0 spiro atoms. The number of amides is 1. The van der Waals surface area contributed by atoms with Gasteiger partial charge in [-0.15, -0.1) is 0 Å². The number of pyridine rings is 2. The van der Waals surface area contributed by atoms with Crippen molar-refractivity contribution in [2.75, 3.05) is 45.3 Å². The summed E-state index contributed by atoms with van der Waals surface area (Å²) in [6, 6.07) is 12.9. The molecule has 9 nitrogen and oxygen atoms in total. The van der Waals surface area contributed by atoms with Crippen molar-refractivity contribution in [3.8, 4) is 34.4 Å². The average Bonchev–Trinajstić information content (AvgIpc) is 3.58. The Bertz CT molecular complexity index is 1550. The van der Waals surface area contributed by atoms with Gasteiger partial charge in [-0.05, 0) is 36.2 Å². The molecule has 1 saturated heterocycles. The van der Waals surface area contributed by atoms with E-state index in [0.29, 0.717) is 52.4 Å². The summed E-state index contributed by atoms with van der Waals surface area (Å²) in [5.74, 6) is 0.460. The molecule has 38 heavy (non-hydrogen) atoms. The molecule has 3 aromatic heterocycles. The van der Waals surface area contributed by atoms with Gasteiger partial charge in [-0.2, -0.15) is 5.26 Å². The Balaban J connectivity index is 1.52. The molecule has 0 saturated carbocycles. The van der Waals surface area contributed by atoms with E-state index in [1.165, 1.54) is 18.2 Å². The number of nitrogens with zero attached hydrogens (tertiary/aromatic N) is 5. The molecule has 0 unspecified atom stereocenters. The number of carbonyl (C=O) groups excluding carboxylic acids is 1. The third kappa shape index (κ3) is 4.64. The van der Waals surface area contributed by atoms with Crippen LogP contribution in [0.5, 0.6) is 5.75 Å². The topological polar surface area (TPSA) is 116 Å². The highest BCUT2D eigenvalue weighted by Gasteiger charge is 2.25. The standard InChI is InChI=1S/C28H26FN5O4/c1-33(9-10-35)28(36)19-12-24(37-2)26(32-15-19)25-13-22-27(38-25)21(5-7-31-22)17-3-4-23(18(11-17)14-30)34-8-6-20(29)16-34/h3-5,7,11-13,15,20,35H,6,8-10,16H2,1-2H3/t20-/m1/s1. The number of rotatable bonds is 7. The van der Waals surface area contributed by atoms with Crippen LogP contribution in [0.4, 0.5) is 10.1 Å². The predicted octanol–water partition coefficient (Wildman–Crippen LogP) is 4.05. The number of aliphatic hydroxyl groups is 1. The Morgan fingerprint density at radius 3 is 2.87 bits per heavy atom. The lowest BCUT2D eigenvalue weighted by Crippen LogP contribution is -2.29. The van der Waals surface area contributed by atoms with Crippen LogP contribution in [-0.4, -0.2) is 72.5 Å². The number of methoxy groups -OCH3 is 1. The highest BCUT2D eigenvalue weighted by molar-refractivity contribution is 5.96. The van der Waals surface area contributed by atoms with Gasteiger partial charge in [0.15, 0.2) is 11.3 Å². The molecule has 1 N–H and O–H groups in total. The fourth-order valence-electron chi connectivity index (χ4n) is 4.66. The monoisotopic (exact) mass is 515 g/mol. The molecule has 0 radical (unpaired) electrons. The van der Waals surface area contributed by atoms with Crippen molar-refractivity contribution in [1.29, 1.82) is 5.26 Å². The molecule has 0 aliphatic carbocycles. The summed E-state index contributed by atoms with van der Waals surface area (Å²) in [4.78, 5) is 24.8. The van der Waals surface area contributed by atoms with Crippen LogP contribution in [0.3, 0.4) is 0 Å². The van der Waals surface area contributed by atoms with Crippen molar-refractivity contribution in [2.24, 2.45) is 0 Å². The van der Waals surface area contributed by atoms with Crippen molar-refractivity contribution in [3.63, 3.8) is 0 Å². The number of fused-ring (bicyclic) bond motifs is 1. The second-order valence-corrected chi connectivity index (χ2v) is 9.08. The lowest BCUT2D eigenvalue weighted by atomic mass is 10.0. The number of aliphatic hydroxyl groups excluding tert-OH is 1. The number of hydrogen-bond acceptors (Lipinski definition) is 8. The van der Waals surface area contributed by atoms with E-state index in [4.69, 9.17) is 14.3 Å². The van der Waals surface area contributed by atoms with E-state index in [-0.39, 0.29) is 25.6 Å². The maximum Gasteiger partial charge on any atom is 0.255 e. The van der Waals surface area contributed by atoms with Gasteiger partial charge in [0.2, 0.25) is 0 Å². The third-order valence-corrected chi connectivity index (χ3v) is 6.65. The smallest absolute Gasteiger partial charge is 0.255 e. The fourth-order valence-corrected chi connectivity index (χ4v) is 4.66. The number of benzene rings is 1. The molecule has 5 rings (SSSR count). The highest BCUT2D eigenvalue weighted by atomic mass is 19.1. The normalized spacial score (nSPS) is 15.0. The number of hydrogen-bond donors (Lipinski definition) is 1. The fraction of sp³-hybridized carbons (Fsp3) is 0.286. The predicted molar refractivity (Wildman–Crippen MR) is 140 cm³/mol. The molecule has 1 amide bonds. The van der Waals surface area contributed by atoms with Crippen LogP contribution in [0.1, 0.15) is 22.3 Å². The van der Waals surface area contributed by atoms with Crippen LogP contribution in [0.15, 0.2) is 53.2 Å². The molecule has 194 valence electrons. The largest absolute Gasteiger partial charge is 0.494 e.